The van der Waals surface area contributed by atoms with Crippen LogP contribution < -0.4 is 4.74 Å². The zero-order valence-corrected chi connectivity index (χ0v) is 8.27. The first-order chi connectivity index (χ1) is 6.99. The normalized spacial score (nSPS) is 9.73. The van der Waals surface area contributed by atoms with Gasteiger partial charge in [-0.25, -0.2) is 4.79 Å². The molecule has 1 rings (SSSR count). The number of carboxylic acids is 1. The third-order valence-corrected chi connectivity index (χ3v) is 1.98. The average molecular weight is 210 g/mol. The van der Waals surface area contributed by atoms with Crippen molar-refractivity contribution >= 4 is 11.8 Å². The summed E-state index contributed by atoms with van der Waals surface area (Å²) in [6.45, 7) is 1.56. The molecule has 0 fully saturated rings. The molecule has 1 aromatic rings. The van der Waals surface area contributed by atoms with Gasteiger partial charge in [0.2, 0.25) is 0 Å². The second-order valence-corrected chi connectivity index (χ2v) is 2.94. The Morgan fingerprint density at radius 3 is 2.40 bits per heavy atom. The van der Waals surface area contributed by atoms with Gasteiger partial charge in [0.15, 0.2) is 0 Å². The molecule has 15 heavy (non-hydrogen) atoms. The summed E-state index contributed by atoms with van der Waals surface area (Å²) in [4.78, 5) is 21.8. The lowest BCUT2D eigenvalue weighted by Gasteiger charge is -2.09. The van der Waals surface area contributed by atoms with Crippen LogP contribution in [-0.4, -0.2) is 29.1 Å². The van der Waals surface area contributed by atoms with Gasteiger partial charge >= 0.3 is 5.97 Å². The molecule has 0 saturated carbocycles. The third-order valence-electron chi connectivity index (χ3n) is 1.98. The van der Waals surface area contributed by atoms with Crippen molar-refractivity contribution in [2.24, 2.45) is 0 Å². The molecule has 0 aliphatic carbocycles. The molecule has 5 heteroatoms. The lowest BCUT2D eigenvalue weighted by molar-refractivity contribution is -0.131. The number of benzene rings is 1. The van der Waals surface area contributed by atoms with Crippen molar-refractivity contribution in [3.05, 3.63) is 23.3 Å². The predicted octanol–water partition coefficient (Wildman–Crippen LogP) is 0.977. The minimum Gasteiger partial charge on any atom is -0.507 e. The number of carbonyl (C=O) groups excluding carboxylic acids is 1. The smallest absolute Gasteiger partial charge is 0.377 e. The number of rotatable bonds is 3. The molecule has 0 spiro atoms. The maximum Gasteiger partial charge on any atom is 0.377 e. The van der Waals surface area contributed by atoms with Gasteiger partial charge in [0.1, 0.15) is 17.1 Å². The molecule has 0 heterocycles. The van der Waals surface area contributed by atoms with Gasteiger partial charge in [-0.2, -0.15) is 0 Å². The summed E-state index contributed by atoms with van der Waals surface area (Å²) in [6, 6.07) is 2.97. The quantitative estimate of drug-likeness (QED) is 0.573. The number of hydrogen-bond donors (Lipinski definition) is 2. The van der Waals surface area contributed by atoms with Crippen LogP contribution in [0.25, 0.3) is 0 Å². The molecule has 0 saturated heterocycles. The molecule has 80 valence electrons. The SMILES string of the molecule is COc1ccc(C)c(O)c1C(=O)C(=O)O. The number of hydrogen-bond acceptors (Lipinski definition) is 4. The van der Waals surface area contributed by atoms with E-state index in [-0.39, 0.29) is 17.1 Å². The van der Waals surface area contributed by atoms with E-state index in [1.54, 1.807) is 6.92 Å². The van der Waals surface area contributed by atoms with Crippen LogP contribution in [0.1, 0.15) is 15.9 Å². The Labute approximate surface area is 85.9 Å². The Hall–Kier alpha value is -2.04. The van der Waals surface area contributed by atoms with Gasteiger partial charge in [0, 0.05) is 0 Å². The fourth-order valence-corrected chi connectivity index (χ4v) is 1.17. The molecule has 0 atom stereocenters. The van der Waals surface area contributed by atoms with E-state index in [0.29, 0.717) is 5.56 Å². The van der Waals surface area contributed by atoms with Gasteiger partial charge in [-0.05, 0) is 18.6 Å². The van der Waals surface area contributed by atoms with E-state index in [0.717, 1.165) is 0 Å². The van der Waals surface area contributed by atoms with Crippen LogP contribution in [0.4, 0.5) is 0 Å². The molecule has 2 N–H and O–H groups in total. The van der Waals surface area contributed by atoms with E-state index in [2.05, 4.69) is 0 Å². The number of carbonyl (C=O) groups is 2. The minimum atomic E-state index is -1.63. The summed E-state index contributed by atoms with van der Waals surface area (Å²) < 4.78 is 4.81. The fourth-order valence-electron chi connectivity index (χ4n) is 1.17. The van der Waals surface area contributed by atoms with Gasteiger partial charge in [-0.1, -0.05) is 6.07 Å². The number of Topliss-reactive ketones (excluding diaryl/α,β-unsaturated/α-hetero) is 1. The summed E-state index contributed by atoms with van der Waals surface area (Å²) in [5.41, 5.74) is 0.102. The maximum absolute atomic E-state index is 11.3. The highest BCUT2D eigenvalue weighted by Crippen LogP contribution is 2.31. The zero-order valence-electron chi connectivity index (χ0n) is 8.27. The molecule has 0 unspecified atom stereocenters. The van der Waals surface area contributed by atoms with E-state index in [1.165, 1.54) is 19.2 Å². The zero-order chi connectivity index (χ0) is 11.6. The van der Waals surface area contributed by atoms with Crippen molar-refractivity contribution in [2.45, 2.75) is 6.92 Å². The van der Waals surface area contributed by atoms with Crippen LogP contribution in [0, 0.1) is 6.92 Å². The van der Waals surface area contributed by atoms with Crippen LogP contribution in [0.2, 0.25) is 0 Å². The number of ketones is 1. The Balaban J connectivity index is 3.42. The van der Waals surface area contributed by atoms with Crippen LogP contribution in [-0.2, 0) is 4.79 Å². The number of phenolic OH excluding ortho intramolecular Hbond substituents is 1. The third kappa shape index (κ3) is 1.90. The first kappa shape index (κ1) is 11.0. The Bertz CT molecular complexity index is 422. The lowest BCUT2D eigenvalue weighted by Crippen LogP contribution is -2.14. The van der Waals surface area contributed by atoms with Crippen molar-refractivity contribution in [2.75, 3.05) is 7.11 Å². The number of aryl methyl sites for hydroxylation is 1. The second kappa shape index (κ2) is 4.00. The van der Waals surface area contributed by atoms with Crippen molar-refractivity contribution in [1.82, 2.24) is 0 Å². The molecule has 0 bridgehead atoms. The Kier molecular flexibility index (Phi) is 2.94. The number of aliphatic carboxylic acids is 1. The Morgan fingerprint density at radius 2 is 1.93 bits per heavy atom. The molecule has 0 radical (unpaired) electrons. The fraction of sp³-hybridized carbons (Fsp3) is 0.200. The first-order valence-electron chi connectivity index (χ1n) is 4.13. The van der Waals surface area contributed by atoms with Crippen LogP contribution in [0.3, 0.4) is 0 Å². The molecule has 0 aliphatic rings. The summed E-state index contributed by atoms with van der Waals surface area (Å²) in [5.74, 6) is -3.13. The molecule has 0 aliphatic heterocycles. The van der Waals surface area contributed by atoms with Gasteiger partial charge < -0.3 is 14.9 Å². The van der Waals surface area contributed by atoms with E-state index in [9.17, 15) is 14.7 Å². The van der Waals surface area contributed by atoms with Crippen LogP contribution in [0.15, 0.2) is 12.1 Å². The first-order valence-corrected chi connectivity index (χ1v) is 4.13. The predicted molar refractivity (Wildman–Crippen MR) is 51.4 cm³/mol. The topological polar surface area (TPSA) is 83.8 Å². The Morgan fingerprint density at radius 1 is 1.33 bits per heavy atom. The van der Waals surface area contributed by atoms with E-state index in [1.807, 2.05) is 0 Å². The van der Waals surface area contributed by atoms with Crippen LogP contribution >= 0.6 is 0 Å². The molecular formula is C10H10O5. The van der Waals surface area contributed by atoms with Gasteiger partial charge in [0.05, 0.1) is 7.11 Å². The van der Waals surface area contributed by atoms with Crippen molar-refractivity contribution < 1.29 is 24.5 Å². The van der Waals surface area contributed by atoms with Gasteiger partial charge in [-0.15, -0.1) is 0 Å². The average Bonchev–Trinajstić information content (AvgIpc) is 2.20. The van der Waals surface area contributed by atoms with E-state index >= 15 is 0 Å². The summed E-state index contributed by atoms with van der Waals surface area (Å²) >= 11 is 0. The number of carboxylic acid groups (broad SMARTS) is 1. The monoisotopic (exact) mass is 210 g/mol. The van der Waals surface area contributed by atoms with Gasteiger partial charge in [0.25, 0.3) is 5.78 Å². The number of methoxy groups -OCH3 is 1. The highest BCUT2D eigenvalue weighted by Gasteiger charge is 2.24. The highest BCUT2D eigenvalue weighted by molar-refractivity contribution is 6.41. The molecule has 0 amide bonds. The summed E-state index contributed by atoms with van der Waals surface area (Å²) in [5, 5.41) is 18.1. The minimum absolute atomic E-state index is 0.0468. The largest absolute Gasteiger partial charge is 0.507 e. The van der Waals surface area contributed by atoms with E-state index in [4.69, 9.17) is 9.84 Å². The van der Waals surface area contributed by atoms with Crippen molar-refractivity contribution in [3.63, 3.8) is 0 Å². The standard InChI is InChI=1S/C10H10O5/c1-5-3-4-6(15-2)7(8(5)11)9(12)10(13)14/h3-4,11H,1-2H3,(H,13,14). The molecule has 1 aromatic carbocycles. The highest BCUT2D eigenvalue weighted by atomic mass is 16.5. The number of ether oxygens (including phenoxy) is 1. The number of aromatic hydroxyl groups is 1. The van der Waals surface area contributed by atoms with E-state index < -0.39 is 11.8 Å². The number of phenols is 1. The maximum atomic E-state index is 11.3. The summed E-state index contributed by atoms with van der Waals surface area (Å²) in [6.07, 6.45) is 0. The summed E-state index contributed by atoms with van der Waals surface area (Å²) in [7, 11) is 1.29. The molecular weight excluding hydrogens is 200 g/mol. The van der Waals surface area contributed by atoms with Crippen LogP contribution in [0.5, 0.6) is 11.5 Å². The second-order valence-electron chi connectivity index (χ2n) is 2.94. The van der Waals surface area contributed by atoms with Gasteiger partial charge in [-0.3, -0.25) is 4.79 Å². The van der Waals surface area contributed by atoms with Crippen molar-refractivity contribution in [3.8, 4) is 11.5 Å². The molecule has 5 nitrogen and oxygen atoms in total. The molecule has 0 aromatic heterocycles. The lowest BCUT2D eigenvalue weighted by atomic mass is 10.0. The van der Waals surface area contributed by atoms with Crippen molar-refractivity contribution in [1.29, 1.82) is 0 Å².